The molecule has 0 bridgehead atoms. The Labute approximate surface area is 153 Å². The number of rotatable bonds is 9. The maximum atomic E-state index is 12.5. The number of hydrogen-bond donors (Lipinski definition) is 3. The third kappa shape index (κ3) is 6.81. The van der Waals surface area contributed by atoms with Crippen LogP contribution < -0.4 is 16.0 Å². The van der Waals surface area contributed by atoms with E-state index in [0.717, 1.165) is 10.7 Å². The molecule has 0 aliphatic rings. The Hall–Kier alpha value is -2.46. The van der Waals surface area contributed by atoms with Gasteiger partial charge in [-0.05, 0) is 30.7 Å². The summed E-state index contributed by atoms with van der Waals surface area (Å²) in [5.74, 6) is -1.19. The van der Waals surface area contributed by atoms with Gasteiger partial charge in [0.15, 0.2) is 0 Å². The van der Waals surface area contributed by atoms with Crippen LogP contribution in [0.25, 0.3) is 0 Å². The Morgan fingerprint density at radius 1 is 1.04 bits per heavy atom. The van der Waals surface area contributed by atoms with Gasteiger partial charge < -0.3 is 16.0 Å². The first-order valence-corrected chi connectivity index (χ1v) is 9.48. The summed E-state index contributed by atoms with van der Waals surface area (Å²) in [6.07, 6.45) is 0.779. The third-order valence-electron chi connectivity index (χ3n) is 3.27. The molecule has 9 nitrogen and oxygen atoms in total. The monoisotopic (exact) mass is 384 g/mol. The third-order valence-corrected chi connectivity index (χ3v) is 5.09. The van der Waals surface area contributed by atoms with Crippen LogP contribution in [0.4, 0.5) is 5.69 Å². The molecule has 0 aromatic heterocycles. The van der Waals surface area contributed by atoms with E-state index >= 15 is 0 Å². The number of anilines is 1. The van der Waals surface area contributed by atoms with Crippen molar-refractivity contribution in [2.45, 2.75) is 25.2 Å². The predicted octanol–water partition coefficient (Wildman–Crippen LogP) is -0.0921. The fourth-order valence-electron chi connectivity index (χ4n) is 1.94. The van der Waals surface area contributed by atoms with Gasteiger partial charge in [-0.15, -0.1) is 0 Å². The quantitative estimate of drug-likeness (QED) is 0.549. The minimum Gasteiger partial charge on any atom is -0.355 e. The van der Waals surface area contributed by atoms with Gasteiger partial charge in [0.25, 0.3) is 0 Å². The lowest BCUT2D eigenvalue weighted by Crippen LogP contribution is -2.42. The van der Waals surface area contributed by atoms with Gasteiger partial charge in [0.2, 0.25) is 27.7 Å². The Bertz CT molecular complexity index is 746. The van der Waals surface area contributed by atoms with E-state index in [1.165, 1.54) is 38.2 Å². The molecule has 0 unspecified atom stereocenters. The first-order valence-electron chi connectivity index (χ1n) is 8.04. The van der Waals surface area contributed by atoms with E-state index in [4.69, 9.17) is 0 Å². The zero-order chi connectivity index (χ0) is 19.7. The highest BCUT2D eigenvalue weighted by atomic mass is 32.2. The first kappa shape index (κ1) is 21.6. The van der Waals surface area contributed by atoms with E-state index in [2.05, 4.69) is 16.0 Å². The lowest BCUT2D eigenvalue weighted by molar-refractivity contribution is -0.126. The zero-order valence-corrected chi connectivity index (χ0v) is 15.9. The Balaban J connectivity index is 2.64. The highest BCUT2D eigenvalue weighted by molar-refractivity contribution is 7.89. The summed E-state index contributed by atoms with van der Waals surface area (Å²) >= 11 is 0. The van der Waals surface area contributed by atoms with Crippen molar-refractivity contribution in [3.63, 3.8) is 0 Å². The second-order valence-electron chi connectivity index (χ2n) is 5.59. The minimum atomic E-state index is -3.87. The maximum absolute atomic E-state index is 12.5. The topological polar surface area (TPSA) is 125 Å². The summed E-state index contributed by atoms with van der Waals surface area (Å²) in [6.45, 7) is 3.13. The van der Waals surface area contributed by atoms with Crippen molar-refractivity contribution in [3.8, 4) is 0 Å². The van der Waals surface area contributed by atoms with Crippen LogP contribution in [0.5, 0.6) is 0 Å². The molecule has 1 rings (SSSR count). The molecule has 0 radical (unpaired) electrons. The average molecular weight is 384 g/mol. The van der Waals surface area contributed by atoms with Gasteiger partial charge in [-0.1, -0.05) is 6.92 Å². The smallest absolute Gasteiger partial charge is 0.243 e. The first-order chi connectivity index (χ1) is 12.2. The Kier molecular flexibility index (Phi) is 8.20. The molecule has 1 aromatic rings. The Morgan fingerprint density at radius 3 is 2.19 bits per heavy atom. The standard InChI is InChI=1S/C16H24N4O5S/c1-4-9-17-15(22)10-18-16(23)11-20(3)26(24,25)14-7-5-13(6-8-14)19-12(2)21/h5-8H,4,9-11H2,1-3H3,(H,17,22)(H,18,23)(H,19,21). The van der Waals surface area contributed by atoms with Crippen molar-refractivity contribution in [1.82, 2.24) is 14.9 Å². The van der Waals surface area contributed by atoms with Gasteiger partial charge in [-0.2, -0.15) is 4.31 Å². The summed E-state index contributed by atoms with van der Waals surface area (Å²) in [7, 11) is -2.60. The molecular formula is C16H24N4O5S. The van der Waals surface area contributed by atoms with Gasteiger partial charge in [0.05, 0.1) is 18.0 Å². The van der Waals surface area contributed by atoms with E-state index in [9.17, 15) is 22.8 Å². The number of nitrogens with one attached hydrogen (secondary N) is 3. The van der Waals surface area contributed by atoms with Crippen LogP contribution in [0.2, 0.25) is 0 Å². The number of nitrogens with zero attached hydrogens (tertiary/aromatic N) is 1. The molecule has 26 heavy (non-hydrogen) atoms. The number of sulfonamides is 1. The van der Waals surface area contributed by atoms with Crippen LogP contribution in [0.15, 0.2) is 29.2 Å². The highest BCUT2D eigenvalue weighted by Gasteiger charge is 2.23. The van der Waals surface area contributed by atoms with E-state index < -0.39 is 22.5 Å². The van der Waals surface area contributed by atoms with Crippen molar-refractivity contribution >= 4 is 33.4 Å². The molecule has 0 heterocycles. The summed E-state index contributed by atoms with van der Waals surface area (Å²) in [6, 6.07) is 5.60. The summed E-state index contributed by atoms with van der Waals surface area (Å²) in [4.78, 5) is 34.2. The molecule has 0 fully saturated rings. The van der Waals surface area contributed by atoms with Gasteiger partial charge in [-0.25, -0.2) is 8.42 Å². The Morgan fingerprint density at radius 2 is 1.65 bits per heavy atom. The van der Waals surface area contributed by atoms with Crippen LogP contribution in [-0.4, -0.2) is 57.1 Å². The van der Waals surface area contributed by atoms with Gasteiger partial charge >= 0.3 is 0 Å². The van der Waals surface area contributed by atoms with Gasteiger partial charge in [0.1, 0.15) is 0 Å². The van der Waals surface area contributed by atoms with Crippen molar-refractivity contribution < 1.29 is 22.8 Å². The average Bonchev–Trinajstić information content (AvgIpc) is 2.58. The summed E-state index contributed by atoms with van der Waals surface area (Å²) in [5, 5.41) is 7.51. The molecule has 0 saturated carbocycles. The molecule has 10 heteroatoms. The zero-order valence-electron chi connectivity index (χ0n) is 15.0. The van der Waals surface area contributed by atoms with Gasteiger partial charge in [0, 0.05) is 26.2 Å². The lowest BCUT2D eigenvalue weighted by Gasteiger charge is -2.17. The number of benzene rings is 1. The molecule has 0 saturated heterocycles. The van der Waals surface area contributed by atoms with Crippen LogP contribution in [0.1, 0.15) is 20.3 Å². The van der Waals surface area contributed by atoms with E-state index in [1.807, 2.05) is 6.92 Å². The molecule has 1 aromatic carbocycles. The molecule has 0 aliphatic heterocycles. The van der Waals surface area contributed by atoms with Crippen molar-refractivity contribution in [3.05, 3.63) is 24.3 Å². The molecule has 144 valence electrons. The van der Waals surface area contributed by atoms with Crippen LogP contribution in [0.3, 0.4) is 0 Å². The lowest BCUT2D eigenvalue weighted by atomic mass is 10.3. The van der Waals surface area contributed by atoms with E-state index in [-0.39, 0.29) is 23.3 Å². The molecular weight excluding hydrogens is 360 g/mol. The number of hydrogen-bond acceptors (Lipinski definition) is 5. The van der Waals surface area contributed by atoms with E-state index in [1.54, 1.807) is 0 Å². The number of carbonyl (C=O) groups excluding carboxylic acids is 3. The number of carbonyl (C=O) groups is 3. The molecule has 0 aliphatic carbocycles. The SMILES string of the molecule is CCCNC(=O)CNC(=O)CN(C)S(=O)(=O)c1ccc(NC(C)=O)cc1. The summed E-state index contributed by atoms with van der Waals surface area (Å²) in [5.41, 5.74) is 0.468. The summed E-state index contributed by atoms with van der Waals surface area (Å²) < 4.78 is 25.8. The molecule has 3 N–H and O–H groups in total. The molecule has 0 spiro atoms. The van der Waals surface area contributed by atoms with Crippen LogP contribution in [0, 0.1) is 0 Å². The predicted molar refractivity (Wildman–Crippen MR) is 96.9 cm³/mol. The van der Waals surface area contributed by atoms with Crippen LogP contribution >= 0.6 is 0 Å². The number of likely N-dealkylation sites (N-methyl/N-ethyl adjacent to an activating group) is 1. The number of amides is 3. The maximum Gasteiger partial charge on any atom is 0.243 e. The van der Waals surface area contributed by atoms with Crippen LogP contribution in [-0.2, 0) is 24.4 Å². The van der Waals surface area contributed by atoms with Gasteiger partial charge in [-0.3, -0.25) is 14.4 Å². The second-order valence-corrected chi connectivity index (χ2v) is 7.64. The normalized spacial score (nSPS) is 11.1. The highest BCUT2D eigenvalue weighted by Crippen LogP contribution is 2.17. The van der Waals surface area contributed by atoms with Crippen molar-refractivity contribution in [2.24, 2.45) is 0 Å². The molecule has 3 amide bonds. The minimum absolute atomic E-state index is 0.0115. The van der Waals surface area contributed by atoms with Crippen molar-refractivity contribution in [2.75, 3.05) is 32.0 Å². The van der Waals surface area contributed by atoms with Crippen molar-refractivity contribution in [1.29, 1.82) is 0 Å². The fourth-order valence-corrected chi connectivity index (χ4v) is 3.07. The molecule has 0 atom stereocenters. The van der Waals surface area contributed by atoms with E-state index in [0.29, 0.717) is 12.2 Å². The second kappa shape index (κ2) is 9.88. The largest absolute Gasteiger partial charge is 0.355 e. The fraction of sp³-hybridized carbons (Fsp3) is 0.438.